The second kappa shape index (κ2) is 2.73. The van der Waals surface area contributed by atoms with Crippen molar-refractivity contribution >= 4 is 0 Å². The highest BCUT2D eigenvalue weighted by Gasteiger charge is 2.50. The maximum Gasteiger partial charge on any atom is 0.0309 e. The molecule has 0 aromatic rings. The van der Waals surface area contributed by atoms with Gasteiger partial charge >= 0.3 is 0 Å². The summed E-state index contributed by atoms with van der Waals surface area (Å²) in [5.41, 5.74) is 1.02. The molecule has 3 rings (SSSR count). The summed E-state index contributed by atoms with van der Waals surface area (Å²) in [6, 6.07) is 0. The molecule has 2 aliphatic carbocycles. The maximum absolute atomic E-state index is 3.75. The summed E-state index contributed by atoms with van der Waals surface area (Å²) in [5, 5.41) is 3.75. The van der Waals surface area contributed by atoms with E-state index in [2.05, 4.69) is 24.1 Å². The molecule has 2 nitrogen and oxygen atoms in total. The van der Waals surface area contributed by atoms with E-state index in [4.69, 9.17) is 0 Å². The van der Waals surface area contributed by atoms with Gasteiger partial charge in [0.2, 0.25) is 0 Å². The lowest BCUT2D eigenvalue weighted by atomic mass is 9.92. The number of nitrogens with one attached hydrogen (secondary N) is 1. The van der Waals surface area contributed by atoms with Crippen LogP contribution in [0.4, 0.5) is 0 Å². The first-order valence-corrected chi connectivity index (χ1v) is 6.13. The van der Waals surface area contributed by atoms with Crippen LogP contribution in [0.25, 0.3) is 0 Å². The number of nitrogens with zero attached hydrogens (tertiary/aromatic N) is 1. The number of hydrogen-bond acceptors (Lipinski definition) is 2. The van der Waals surface area contributed by atoms with E-state index in [1.807, 2.05) is 0 Å². The van der Waals surface area contributed by atoms with Gasteiger partial charge in [-0.15, -0.1) is 0 Å². The first-order valence-electron chi connectivity index (χ1n) is 6.13. The van der Waals surface area contributed by atoms with Crippen LogP contribution in [0.5, 0.6) is 0 Å². The van der Waals surface area contributed by atoms with Crippen molar-refractivity contribution in [3.8, 4) is 0 Å². The molecule has 1 saturated heterocycles. The molecule has 1 atom stereocenters. The van der Waals surface area contributed by atoms with Crippen molar-refractivity contribution in [2.45, 2.75) is 50.6 Å². The van der Waals surface area contributed by atoms with Gasteiger partial charge in [0.1, 0.15) is 0 Å². The minimum Gasteiger partial charge on any atom is -0.309 e. The Bertz CT molecular complexity index is 243. The Kier molecular flexibility index (Phi) is 1.79. The molecule has 14 heavy (non-hydrogen) atoms. The van der Waals surface area contributed by atoms with Crippen molar-refractivity contribution < 1.29 is 0 Å². The van der Waals surface area contributed by atoms with Crippen LogP contribution in [-0.4, -0.2) is 35.6 Å². The fraction of sp³-hybridized carbons (Fsp3) is 1.00. The van der Waals surface area contributed by atoms with Crippen molar-refractivity contribution in [3.63, 3.8) is 0 Å². The first-order chi connectivity index (χ1) is 6.62. The maximum atomic E-state index is 3.75. The third kappa shape index (κ3) is 1.40. The molecule has 3 aliphatic rings. The van der Waals surface area contributed by atoms with E-state index in [1.54, 1.807) is 0 Å². The summed E-state index contributed by atoms with van der Waals surface area (Å²) < 4.78 is 0. The zero-order valence-corrected chi connectivity index (χ0v) is 9.47. The van der Waals surface area contributed by atoms with Gasteiger partial charge in [-0.05, 0) is 45.4 Å². The van der Waals surface area contributed by atoms with E-state index in [9.17, 15) is 0 Å². The summed E-state index contributed by atoms with van der Waals surface area (Å²) in [5.74, 6) is 0.965. The SMILES string of the molecule is CC1(C2CC2)CN(C2(C)CC2)CCN1. The van der Waals surface area contributed by atoms with Gasteiger partial charge in [0.25, 0.3) is 0 Å². The van der Waals surface area contributed by atoms with Gasteiger partial charge in [-0.1, -0.05) is 0 Å². The second-order valence-corrected chi connectivity index (χ2v) is 6.04. The molecule has 0 aromatic heterocycles. The molecule has 0 radical (unpaired) electrons. The van der Waals surface area contributed by atoms with Crippen LogP contribution in [0, 0.1) is 5.92 Å². The zero-order valence-electron chi connectivity index (χ0n) is 9.47. The van der Waals surface area contributed by atoms with Gasteiger partial charge in [0, 0.05) is 30.7 Å². The summed E-state index contributed by atoms with van der Waals surface area (Å²) in [6.45, 7) is 8.61. The topological polar surface area (TPSA) is 15.3 Å². The largest absolute Gasteiger partial charge is 0.309 e. The molecule has 80 valence electrons. The van der Waals surface area contributed by atoms with Crippen molar-refractivity contribution in [1.29, 1.82) is 0 Å². The molecular formula is C12H22N2. The van der Waals surface area contributed by atoms with Gasteiger partial charge < -0.3 is 5.32 Å². The minimum absolute atomic E-state index is 0.434. The van der Waals surface area contributed by atoms with E-state index in [1.165, 1.54) is 45.3 Å². The summed E-state index contributed by atoms with van der Waals surface area (Å²) in [6.07, 6.45) is 5.75. The Balaban J connectivity index is 1.71. The predicted octanol–water partition coefficient (Wildman–Crippen LogP) is 1.61. The normalized spacial score (nSPS) is 42.4. The lowest BCUT2D eigenvalue weighted by molar-refractivity contribution is 0.0840. The minimum atomic E-state index is 0.434. The molecule has 2 heteroatoms. The molecule has 0 amide bonds. The van der Waals surface area contributed by atoms with Crippen LogP contribution in [0.3, 0.4) is 0 Å². The standard InChI is InChI=1S/C12H22N2/c1-11(5-6-11)14-8-7-13-12(2,9-14)10-3-4-10/h10,13H,3-9H2,1-2H3. The fourth-order valence-corrected chi connectivity index (χ4v) is 2.96. The van der Waals surface area contributed by atoms with E-state index >= 15 is 0 Å². The fourth-order valence-electron chi connectivity index (χ4n) is 2.96. The molecule has 1 N–H and O–H groups in total. The number of hydrogen-bond donors (Lipinski definition) is 1. The third-order valence-corrected chi connectivity index (χ3v) is 4.65. The highest BCUT2D eigenvalue weighted by molar-refractivity contribution is 5.08. The molecule has 0 bridgehead atoms. The Morgan fingerprint density at radius 1 is 1.21 bits per heavy atom. The number of piperazine rings is 1. The molecule has 1 aliphatic heterocycles. The molecule has 0 spiro atoms. The highest BCUT2D eigenvalue weighted by atomic mass is 15.3. The van der Waals surface area contributed by atoms with Crippen molar-refractivity contribution in [3.05, 3.63) is 0 Å². The first kappa shape index (κ1) is 9.17. The van der Waals surface area contributed by atoms with Crippen LogP contribution in [0.1, 0.15) is 39.5 Å². The van der Waals surface area contributed by atoms with E-state index in [-0.39, 0.29) is 0 Å². The van der Waals surface area contributed by atoms with Gasteiger partial charge in [-0.25, -0.2) is 0 Å². The Labute approximate surface area is 87.0 Å². The van der Waals surface area contributed by atoms with Crippen LogP contribution in [0.2, 0.25) is 0 Å². The van der Waals surface area contributed by atoms with Crippen molar-refractivity contribution in [2.75, 3.05) is 19.6 Å². The predicted molar refractivity (Wildman–Crippen MR) is 58.3 cm³/mol. The quantitative estimate of drug-likeness (QED) is 0.718. The summed E-state index contributed by atoms with van der Waals surface area (Å²) in [4.78, 5) is 2.74. The molecular weight excluding hydrogens is 172 g/mol. The molecule has 3 fully saturated rings. The second-order valence-electron chi connectivity index (χ2n) is 6.04. The summed E-state index contributed by atoms with van der Waals surface area (Å²) in [7, 11) is 0. The molecule has 1 heterocycles. The average molecular weight is 194 g/mol. The Morgan fingerprint density at radius 2 is 1.93 bits per heavy atom. The van der Waals surface area contributed by atoms with Crippen molar-refractivity contribution in [1.82, 2.24) is 10.2 Å². The molecule has 0 aromatic carbocycles. The van der Waals surface area contributed by atoms with Crippen LogP contribution in [-0.2, 0) is 0 Å². The van der Waals surface area contributed by atoms with E-state index < -0.39 is 0 Å². The lowest BCUT2D eigenvalue weighted by Gasteiger charge is -2.44. The van der Waals surface area contributed by atoms with Crippen LogP contribution >= 0.6 is 0 Å². The monoisotopic (exact) mass is 194 g/mol. The smallest absolute Gasteiger partial charge is 0.0309 e. The summed E-state index contributed by atoms with van der Waals surface area (Å²) >= 11 is 0. The molecule has 1 unspecified atom stereocenters. The van der Waals surface area contributed by atoms with Gasteiger partial charge in [0.15, 0.2) is 0 Å². The zero-order chi connectivity index (χ0) is 9.81. The lowest BCUT2D eigenvalue weighted by Crippen LogP contribution is -2.62. The Morgan fingerprint density at radius 3 is 2.50 bits per heavy atom. The van der Waals surface area contributed by atoms with Crippen LogP contribution < -0.4 is 5.32 Å². The van der Waals surface area contributed by atoms with Crippen LogP contribution in [0.15, 0.2) is 0 Å². The highest BCUT2D eigenvalue weighted by Crippen LogP contribution is 2.46. The van der Waals surface area contributed by atoms with Gasteiger partial charge in [-0.2, -0.15) is 0 Å². The Hall–Kier alpha value is -0.0800. The average Bonchev–Trinajstić information content (AvgIpc) is 2.98. The van der Waals surface area contributed by atoms with Gasteiger partial charge in [-0.3, -0.25) is 4.90 Å². The molecule has 2 saturated carbocycles. The third-order valence-electron chi connectivity index (χ3n) is 4.65. The van der Waals surface area contributed by atoms with Gasteiger partial charge in [0.05, 0.1) is 0 Å². The van der Waals surface area contributed by atoms with E-state index in [0.29, 0.717) is 11.1 Å². The number of rotatable bonds is 2. The van der Waals surface area contributed by atoms with Crippen molar-refractivity contribution in [2.24, 2.45) is 5.92 Å². The van der Waals surface area contributed by atoms with E-state index in [0.717, 1.165) is 5.92 Å².